The van der Waals surface area contributed by atoms with Crippen LogP contribution in [0.15, 0.2) is 54.6 Å². The van der Waals surface area contributed by atoms with E-state index in [-0.39, 0.29) is 0 Å². The summed E-state index contributed by atoms with van der Waals surface area (Å²) in [5, 5.41) is 4.04. The van der Waals surface area contributed by atoms with Gasteiger partial charge in [-0.15, -0.1) is 0 Å². The van der Waals surface area contributed by atoms with E-state index in [4.69, 9.17) is 16.3 Å². The second kappa shape index (κ2) is 6.92. The topological polar surface area (TPSA) is 21.3 Å². The molecule has 94 valence electrons. The predicted octanol–water partition coefficient (Wildman–Crippen LogP) is 4.22. The molecule has 0 amide bonds. The van der Waals surface area contributed by atoms with Gasteiger partial charge < -0.3 is 10.1 Å². The molecule has 1 N–H and O–H groups in total. The Labute approximate surface area is 113 Å². The SMILES string of the molecule is Clc1cccc(OCCCNc2ccccc2)c1. The van der Waals surface area contributed by atoms with Gasteiger partial charge in [-0.25, -0.2) is 0 Å². The maximum Gasteiger partial charge on any atom is 0.120 e. The molecule has 0 heterocycles. The summed E-state index contributed by atoms with van der Waals surface area (Å²) in [6.07, 6.45) is 0.946. The third-order valence-electron chi connectivity index (χ3n) is 2.49. The zero-order valence-corrected chi connectivity index (χ0v) is 10.9. The molecule has 0 saturated carbocycles. The van der Waals surface area contributed by atoms with Crippen molar-refractivity contribution in [3.8, 4) is 5.75 Å². The van der Waals surface area contributed by atoms with Crippen LogP contribution in [-0.4, -0.2) is 13.2 Å². The number of benzene rings is 2. The second-order valence-electron chi connectivity index (χ2n) is 3.95. The highest BCUT2D eigenvalue weighted by atomic mass is 35.5. The van der Waals surface area contributed by atoms with Crippen LogP contribution < -0.4 is 10.1 Å². The van der Waals surface area contributed by atoms with Crippen molar-refractivity contribution in [1.82, 2.24) is 0 Å². The highest BCUT2D eigenvalue weighted by Gasteiger charge is 1.95. The maximum atomic E-state index is 5.87. The number of hydrogen-bond acceptors (Lipinski definition) is 2. The van der Waals surface area contributed by atoms with Crippen LogP contribution in [0.25, 0.3) is 0 Å². The number of ether oxygens (including phenoxy) is 1. The van der Waals surface area contributed by atoms with Gasteiger partial charge in [0.2, 0.25) is 0 Å². The monoisotopic (exact) mass is 261 g/mol. The average molecular weight is 262 g/mol. The van der Waals surface area contributed by atoms with Crippen molar-refractivity contribution in [2.75, 3.05) is 18.5 Å². The number of halogens is 1. The minimum Gasteiger partial charge on any atom is -0.493 e. The van der Waals surface area contributed by atoms with Crippen molar-refractivity contribution in [1.29, 1.82) is 0 Å². The van der Waals surface area contributed by atoms with Gasteiger partial charge in [0.25, 0.3) is 0 Å². The van der Waals surface area contributed by atoms with Crippen molar-refractivity contribution in [2.24, 2.45) is 0 Å². The lowest BCUT2D eigenvalue weighted by atomic mass is 10.3. The molecule has 3 heteroatoms. The van der Waals surface area contributed by atoms with E-state index in [0.717, 1.165) is 24.4 Å². The first kappa shape index (κ1) is 12.8. The van der Waals surface area contributed by atoms with Crippen molar-refractivity contribution >= 4 is 17.3 Å². The van der Waals surface area contributed by atoms with E-state index in [9.17, 15) is 0 Å². The highest BCUT2D eigenvalue weighted by molar-refractivity contribution is 6.30. The van der Waals surface area contributed by atoms with Crippen molar-refractivity contribution in [3.63, 3.8) is 0 Å². The second-order valence-corrected chi connectivity index (χ2v) is 4.39. The average Bonchev–Trinajstić information content (AvgIpc) is 2.40. The van der Waals surface area contributed by atoms with Gasteiger partial charge in [-0.2, -0.15) is 0 Å². The summed E-state index contributed by atoms with van der Waals surface area (Å²) in [4.78, 5) is 0. The van der Waals surface area contributed by atoms with Gasteiger partial charge in [-0.1, -0.05) is 35.9 Å². The molecule has 2 nitrogen and oxygen atoms in total. The standard InChI is InChI=1S/C15H16ClNO/c16-13-6-4-9-15(12-13)18-11-5-10-17-14-7-2-1-3-8-14/h1-4,6-9,12,17H,5,10-11H2. The molecule has 2 rings (SSSR count). The first-order chi connectivity index (χ1) is 8.84. The molecule has 0 aromatic heterocycles. The van der Waals surface area contributed by atoms with Crippen LogP contribution in [0.4, 0.5) is 5.69 Å². The van der Waals surface area contributed by atoms with E-state index < -0.39 is 0 Å². The summed E-state index contributed by atoms with van der Waals surface area (Å²) in [7, 11) is 0. The third kappa shape index (κ3) is 4.30. The quantitative estimate of drug-likeness (QED) is 0.786. The molecule has 0 aliphatic rings. The largest absolute Gasteiger partial charge is 0.493 e. The summed E-state index contributed by atoms with van der Waals surface area (Å²) in [5.74, 6) is 0.821. The lowest BCUT2D eigenvalue weighted by Gasteiger charge is -2.08. The zero-order chi connectivity index (χ0) is 12.6. The molecule has 18 heavy (non-hydrogen) atoms. The number of rotatable bonds is 6. The Balaban J connectivity index is 1.65. The summed E-state index contributed by atoms with van der Waals surface area (Å²) < 4.78 is 5.60. The van der Waals surface area contributed by atoms with E-state index in [1.165, 1.54) is 0 Å². The molecular weight excluding hydrogens is 246 g/mol. The van der Waals surface area contributed by atoms with Crippen LogP contribution >= 0.6 is 11.6 Å². The van der Waals surface area contributed by atoms with Gasteiger partial charge in [-0.3, -0.25) is 0 Å². The summed E-state index contributed by atoms with van der Waals surface area (Å²) >= 11 is 5.87. The molecule has 2 aromatic carbocycles. The molecule has 2 aromatic rings. The lowest BCUT2D eigenvalue weighted by Crippen LogP contribution is -2.07. The van der Waals surface area contributed by atoms with E-state index in [0.29, 0.717) is 11.6 Å². The fourth-order valence-electron chi connectivity index (χ4n) is 1.61. The Hall–Kier alpha value is -1.67. The van der Waals surface area contributed by atoms with Crippen molar-refractivity contribution in [3.05, 3.63) is 59.6 Å². The number of nitrogens with one attached hydrogen (secondary N) is 1. The Morgan fingerprint density at radius 3 is 2.61 bits per heavy atom. The van der Waals surface area contributed by atoms with Gasteiger partial charge in [0, 0.05) is 17.3 Å². The minimum atomic E-state index is 0.681. The molecular formula is C15H16ClNO. The van der Waals surface area contributed by atoms with E-state index in [1.807, 2.05) is 42.5 Å². The van der Waals surface area contributed by atoms with Crippen LogP contribution in [0, 0.1) is 0 Å². The van der Waals surface area contributed by atoms with Crippen LogP contribution in [0.1, 0.15) is 6.42 Å². The van der Waals surface area contributed by atoms with Crippen LogP contribution in [-0.2, 0) is 0 Å². The van der Waals surface area contributed by atoms with Crippen molar-refractivity contribution < 1.29 is 4.74 Å². The van der Waals surface area contributed by atoms with Gasteiger partial charge >= 0.3 is 0 Å². The Kier molecular flexibility index (Phi) is 4.91. The Bertz CT molecular complexity index is 473. The third-order valence-corrected chi connectivity index (χ3v) is 2.72. The highest BCUT2D eigenvalue weighted by Crippen LogP contribution is 2.17. The normalized spacial score (nSPS) is 10.1. The van der Waals surface area contributed by atoms with Gasteiger partial charge in [-0.05, 0) is 36.8 Å². The molecule has 0 radical (unpaired) electrons. The predicted molar refractivity (Wildman–Crippen MR) is 76.5 cm³/mol. The maximum absolute atomic E-state index is 5.87. The van der Waals surface area contributed by atoms with Gasteiger partial charge in [0.05, 0.1) is 6.61 Å². The Morgan fingerprint density at radius 1 is 1.00 bits per heavy atom. The number of anilines is 1. The molecule has 0 fully saturated rings. The summed E-state index contributed by atoms with van der Waals surface area (Å²) in [6.45, 7) is 1.57. The first-order valence-corrected chi connectivity index (χ1v) is 6.40. The minimum absolute atomic E-state index is 0.681. The first-order valence-electron chi connectivity index (χ1n) is 6.02. The summed E-state index contributed by atoms with van der Waals surface area (Å²) in [6, 6.07) is 17.6. The van der Waals surface area contributed by atoms with E-state index >= 15 is 0 Å². The molecule has 0 aliphatic carbocycles. The van der Waals surface area contributed by atoms with Crippen LogP contribution in [0.5, 0.6) is 5.75 Å². The lowest BCUT2D eigenvalue weighted by molar-refractivity contribution is 0.315. The van der Waals surface area contributed by atoms with Crippen LogP contribution in [0.2, 0.25) is 5.02 Å². The Morgan fingerprint density at radius 2 is 1.83 bits per heavy atom. The molecule has 0 saturated heterocycles. The molecule has 0 aliphatic heterocycles. The molecule has 0 unspecified atom stereocenters. The van der Waals surface area contributed by atoms with Gasteiger partial charge in [0.1, 0.15) is 5.75 Å². The molecule has 0 bridgehead atoms. The van der Waals surface area contributed by atoms with Gasteiger partial charge in [0.15, 0.2) is 0 Å². The molecule has 0 atom stereocenters. The van der Waals surface area contributed by atoms with E-state index in [2.05, 4.69) is 17.4 Å². The fourth-order valence-corrected chi connectivity index (χ4v) is 1.79. The van der Waals surface area contributed by atoms with E-state index in [1.54, 1.807) is 0 Å². The number of hydrogen-bond donors (Lipinski definition) is 1. The number of para-hydroxylation sites is 1. The molecule has 0 spiro atoms. The van der Waals surface area contributed by atoms with Crippen LogP contribution in [0.3, 0.4) is 0 Å². The smallest absolute Gasteiger partial charge is 0.120 e. The fraction of sp³-hybridized carbons (Fsp3) is 0.200. The summed E-state index contributed by atoms with van der Waals surface area (Å²) in [5.41, 5.74) is 1.14. The zero-order valence-electron chi connectivity index (χ0n) is 10.1. The van der Waals surface area contributed by atoms with Crippen molar-refractivity contribution in [2.45, 2.75) is 6.42 Å².